The molecule has 0 unspecified atom stereocenters. The molecule has 1 aliphatic rings. The van der Waals surface area contributed by atoms with Crippen LogP contribution < -0.4 is 5.73 Å². The van der Waals surface area contributed by atoms with Gasteiger partial charge in [-0.3, -0.25) is 19.8 Å². The molecule has 0 radical (unpaired) electrons. The number of carbonyl (C=O) groups is 1. The Morgan fingerprint density at radius 3 is 3.00 bits per heavy atom. The van der Waals surface area contributed by atoms with Crippen molar-refractivity contribution in [2.45, 2.75) is 12.6 Å². The van der Waals surface area contributed by atoms with E-state index in [4.69, 9.17) is 10.5 Å². The Morgan fingerprint density at radius 1 is 1.60 bits per heavy atom. The maximum Gasteiger partial charge on any atom is 0.276 e. The van der Waals surface area contributed by atoms with Gasteiger partial charge in [0.1, 0.15) is 11.9 Å². The van der Waals surface area contributed by atoms with Gasteiger partial charge in [0.25, 0.3) is 5.69 Å². The molecule has 1 saturated heterocycles. The molecule has 0 bridgehead atoms. The van der Waals surface area contributed by atoms with E-state index in [0.717, 1.165) is 6.07 Å². The van der Waals surface area contributed by atoms with Crippen LogP contribution in [0.4, 0.5) is 10.1 Å². The van der Waals surface area contributed by atoms with Crippen LogP contribution in [0.3, 0.4) is 0 Å². The monoisotopic (exact) mass is 283 g/mol. The average molecular weight is 283 g/mol. The molecule has 1 atom stereocenters. The number of amides is 1. The lowest BCUT2D eigenvalue weighted by Crippen LogP contribution is -2.52. The molecular formula is C12H14FN3O4. The number of benzene rings is 1. The molecule has 0 saturated carbocycles. The van der Waals surface area contributed by atoms with Crippen molar-refractivity contribution in [3.8, 4) is 0 Å². The van der Waals surface area contributed by atoms with Crippen LogP contribution in [0.25, 0.3) is 0 Å². The summed E-state index contributed by atoms with van der Waals surface area (Å²) < 4.78 is 19.0. The average Bonchev–Trinajstić information content (AvgIpc) is 2.41. The number of ether oxygens (including phenoxy) is 1. The second-order valence-electron chi connectivity index (χ2n) is 4.46. The molecule has 1 aliphatic heterocycles. The highest BCUT2D eigenvalue weighted by molar-refractivity contribution is 5.80. The number of nitro groups is 1. The quantitative estimate of drug-likeness (QED) is 0.637. The van der Waals surface area contributed by atoms with E-state index in [1.165, 1.54) is 12.1 Å². The third-order valence-corrected chi connectivity index (χ3v) is 3.22. The molecule has 0 spiro atoms. The standard InChI is InChI=1S/C12H14FN3O4/c13-9-2-1-3-10(16(18)19)8(9)6-15-4-5-20-7-11(15)12(14)17/h1-3,11H,4-7H2,(H2,14,17)/t11-/m1/s1. The van der Waals surface area contributed by atoms with Crippen molar-refractivity contribution in [3.05, 3.63) is 39.7 Å². The van der Waals surface area contributed by atoms with Gasteiger partial charge in [-0.25, -0.2) is 4.39 Å². The highest BCUT2D eigenvalue weighted by atomic mass is 19.1. The summed E-state index contributed by atoms with van der Waals surface area (Å²) in [6.07, 6.45) is 0. The maximum absolute atomic E-state index is 13.8. The van der Waals surface area contributed by atoms with Gasteiger partial charge in [-0.15, -0.1) is 0 Å². The third-order valence-electron chi connectivity index (χ3n) is 3.22. The Kier molecular flexibility index (Phi) is 4.26. The predicted octanol–water partition coefficient (Wildman–Crippen LogP) is 0.420. The Bertz CT molecular complexity index is 537. The van der Waals surface area contributed by atoms with Crippen molar-refractivity contribution in [1.29, 1.82) is 0 Å². The number of hydrogen-bond donors (Lipinski definition) is 1. The Hall–Kier alpha value is -2.06. The van der Waals surface area contributed by atoms with Gasteiger partial charge >= 0.3 is 0 Å². The molecule has 20 heavy (non-hydrogen) atoms. The molecule has 2 rings (SSSR count). The van der Waals surface area contributed by atoms with Gasteiger partial charge in [0, 0.05) is 19.2 Å². The predicted molar refractivity (Wildman–Crippen MR) is 67.3 cm³/mol. The van der Waals surface area contributed by atoms with Crippen LogP contribution in [0.2, 0.25) is 0 Å². The fourth-order valence-corrected chi connectivity index (χ4v) is 2.17. The summed E-state index contributed by atoms with van der Waals surface area (Å²) in [7, 11) is 0. The van der Waals surface area contributed by atoms with Gasteiger partial charge in [-0.1, -0.05) is 6.07 Å². The normalized spacial score (nSPS) is 19.8. The van der Waals surface area contributed by atoms with Crippen molar-refractivity contribution in [2.75, 3.05) is 19.8 Å². The SMILES string of the molecule is NC(=O)[C@H]1COCCN1Cc1c(F)cccc1[N+](=O)[O-]. The molecule has 7 nitrogen and oxygen atoms in total. The molecule has 1 heterocycles. The van der Waals surface area contributed by atoms with Gasteiger partial charge in [-0.05, 0) is 6.07 Å². The number of halogens is 1. The van der Waals surface area contributed by atoms with E-state index in [0.29, 0.717) is 13.2 Å². The molecule has 2 N–H and O–H groups in total. The number of nitro benzene ring substituents is 1. The molecule has 8 heteroatoms. The van der Waals surface area contributed by atoms with Crippen LogP contribution >= 0.6 is 0 Å². The van der Waals surface area contributed by atoms with Crippen molar-refractivity contribution in [2.24, 2.45) is 5.73 Å². The minimum atomic E-state index is -0.706. The Balaban J connectivity index is 2.28. The third kappa shape index (κ3) is 2.91. The minimum Gasteiger partial charge on any atom is -0.378 e. The van der Waals surface area contributed by atoms with Crippen LogP contribution in [0, 0.1) is 15.9 Å². The van der Waals surface area contributed by atoms with Crippen LogP contribution in [0.1, 0.15) is 5.56 Å². The van der Waals surface area contributed by atoms with E-state index in [-0.39, 0.29) is 24.4 Å². The Labute approximate surface area is 114 Å². The second-order valence-corrected chi connectivity index (χ2v) is 4.46. The zero-order chi connectivity index (χ0) is 14.7. The lowest BCUT2D eigenvalue weighted by atomic mass is 10.1. The van der Waals surface area contributed by atoms with Crippen molar-refractivity contribution >= 4 is 11.6 Å². The lowest BCUT2D eigenvalue weighted by molar-refractivity contribution is -0.386. The Morgan fingerprint density at radius 2 is 2.35 bits per heavy atom. The van der Waals surface area contributed by atoms with Gasteiger partial charge in [0.15, 0.2) is 0 Å². The summed E-state index contributed by atoms with van der Waals surface area (Å²) in [5, 5.41) is 10.9. The van der Waals surface area contributed by atoms with Crippen molar-refractivity contribution in [1.82, 2.24) is 4.90 Å². The van der Waals surface area contributed by atoms with Crippen LogP contribution in [0.15, 0.2) is 18.2 Å². The zero-order valence-corrected chi connectivity index (χ0v) is 10.6. The van der Waals surface area contributed by atoms with Crippen LogP contribution in [0.5, 0.6) is 0 Å². The highest BCUT2D eigenvalue weighted by Gasteiger charge is 2.30. The van der Waals surface area contributed by atoms with Gasteiger partial charge in [-0.2, -0.15) is 0 Å². The minimum absolute atomic E-state index is 0.0503. The van der Waals surface area contributed by atoms with Gasteiger partial charge < -0.3 is 10.5 Å². The zero-order valence-electron chi connectivity index (χ0n) is 10.6. The number of nitrogens with two attached hydrogens (primary N) is 1. The molecule has 0 aromatic heterocycles. The van der Waals surface area contributed by atoms with Gasteiger partial charge in [0.2, 0.25) is 5.91 Å². The highest BCUT2D eigenvalue weighted by Crippen LogP contribution is 2.24. The first kappa shape index (κ1) is 14.4. The maximum atomic E-state index is 13.8. The van der Waals surface area contributed by atoms with Crippen LogP contribution in [-0.2, 0) is 16.1 Å². The number of primary amides is 1. The number of hydrogen-bond acceptors (Lipinski definition) is 5. The fourth-order valence-electron chi connectivity index (χ4n) is 2.17. The van der Waals surface area contributed by atoms with Crippen molar-refractivity contribution in [3.63, 3.8) is 0 Å². The van der Waals surface area contributed by atoms with Gasteiger partial charge in [0.05, 0.1) is 23.7 Å². The number of morpholine rings is 1. The van der Waals surface area contributed by atoms with E-state index in [1.54, 1.807) is 4.90 Å². The molecular weight excluding hydrogens is 269 g/mol. The molecule has 0 aliphatic carbocycles. The van der Waals surface area contributed by atoms with E-state index in [1.807, 2.05) is 0 Å². The van der Waals surface area contributed by atoms with E-state index in [2.05, 4.69) is 0 Å². The summed E-state index contributed by atoms with van der Waals surface area (Å²) >= 11 is 0. The smallest absolute Gasteiger partial charge is 0.276 e. The summed E-state index contributed by atoms with van der Waals surface area (Å²) in [4.78, 5) is 23.2. The first-order chi connectivity index (χ1) is 9.50. The summed E-state index contributed by atoms with van der Waals surface area (Å²) in [5.41, 5.74) is 4.90. The molecule has 1 aromatic carbocycles. The largest absolute Gasteiger partial charge is 0.378 e. The van der Waals surface area contributed by atoms with Crippen LogP contribution in [-0.4, -0.2) is 41.5 Å². The summed E-state index contributed by atoms with van der Waals surface area (Å²) in [6.45, 7) is 0.780. The van der Waals surface area contributed by atoms with E-state index >= 15 is 0 Å². The van der Waals surface area contributed by atoms with E-state index < -0.39 is 22.7 Å². The summed E-state index contributed by atoms with van der Waals surface area (Å²) in [6, 6.07) is 2.96. The molecule has 1 fully saturated rings. The number of carbonyl (C=O) groups excluding carboxylic acids is 1. The lowest BCUT2D eigenvalue weighted by Gasteiger charge is -2.33. The van der Waals surface area contributed by atoms with E-state index in [9.17, 15) is 19.3 Å². The topological polar surface area (TPSA) is 98.7 Å². The molecule has 1 aromatic rings. The first-order valence-corrected chi connectivity index (χ1v) is 6.03. The molecule has 108 valence electrons. The first-order valence-electron chi connectivity index (χ1n) is 6.03. The van der Waals surface area contributed by atoms with Crippen molar-refractivity contribution < 1.29 is 18.8 Å². The molecule has 1 amide bonds. The fraction of sp³-hybridized carbons (Fsp3) is 0.417. The second kappa shape index (κ2) is 5.93. The summed E-state index contributed by atoms with van der Waals surface area (Å²) in [5.74, 6) is -1.27. The number of nitrogens with zero attached hydrogens (tertiary/aromatic N) is 2. The number of rotatable bonds is 4.